The first-order valence-corrected chi connectivity index (χ1v) is 14.9. The van der Waals surface area contributed by atoms with E-state index >= 15 is 0 Å². The second kappa shape index (κ2) is 7.72. The Labute approximate surface area is 206 Å². The summed E-state index contributed by atoms with van der Waals surface area (Å²) < 4.78 is 0. The Morgan fingerprint density at radius 3 is 1.12 bits per heavy atom. The van der Waals surface area contributed by atoms with Gasteiger partial charge in [0.25, 0.3) is 0 Å². The summed E-state index contributed by atoms with van der Waals surface area (Å²) in [5.41, 5.74) is 0.275. The number of carbonyl (C=O) groups is 2. The Morgan fingerprint density at radius 2 is 0.824 bits per heavy atom. The number of hydrogen-bond acceptors (Lipinski definition) is 2. The van der Waals surface area contributed by atoms with E-state index in [9.17, 15) is 9.59 Å². The van der Waals surface area contributed by atoms with Gasteiger partial charge >= 0.3 is 0 Å². The average Bonchev–Trinajstić information content (AvgIpc) is 2.80. The van der Waals surface area contributed by atoms with Crippen LogP contribution in [-0.2, 0) is 9.59 Å². The van der Waals surface area contributed by atoms with E-state index in [2.05, 4.69) is 23.9 Å². The summed E-state index contributed by atoms with van der Waals surface area (Å²) in [7, 11) is 4.25. The van der Waals surface area contributed by atoms with E-state index in [1.165, 1.54) is 77.0 Å². The Balaban J connectivity index is 1.04. The lowest BCUT2D eigenvalue weighted by atomic mass is 9.52. The van der Waals surface area contributed by atoms with Crippen LogP contribution >= 0.6 is 0 Å². The Morgan fingerprint density at radius 1 is 0.529 bits per heavy atom. The van der Waals surface area contributed by atoms with Gasteiger partial charge in [-0.15, -0.1) is 0 Å². The summed E-state index contributed by atoms with van der Waals surface area (Å²) in [6.07, 6.45) is 19.7. The van der Waals surface area contributed by atoms with Gasteiger partial charge in [-0.1, -0.05) is 6.42 Å². The van der Waals surface area contributed by atoms with Gasteiger partial charge in [0.1, 0.15) is 0 Å². The molecule has 0 N–H and O–H groups in total. The monoisotopic (exact) mass is 466 g/mol. The van der Waals surface area contributed by atoms with E-state index in [1.54, 1.807) is 0 Å². The molecule has 0 aromatic carbocycles. The minimum Gasteiger partial charge on any atom is -0.340 e. The molecule has 9 saturated carbocycles. The molecule has 8 bridgehead atoms. The van der Waals surface area contributed by atoms with E-state index in [4.69, 9.17) is 0 Å². The molecule has 9 aliphatic carbocycles. The third kappa shape index (κ3) is 3.35. The van der Waals surface area contributed by atoms with E-state index in [0.29, 0.717) is 11.8 Å². The van der Waals surface area contributed by atoms with Crippen LogP contribution in [0.25, 0.3) is 0 Å². The van der Waals surface area contributed by atoms with Crippen LogP contribution in [0.5, 0.6) is 0 Å². The van der Waals surface area contributed by atoms with Crippen molar-refractivity contribution < 1.29 is 9.59 Å². The molecule has 9 aliphatic rings. The van der Waals surface area contributed by atoms with Crippen molar-refractivity contribution in [3.05, 3.63) is 0 Å². The lowest BCUT2D eigenvalue weighted by Crippen LogP contribution is -2.62. The zero-order valence-electron chi connectivity index (χ0n) is 21.6. The van der Waals surface area contributed by atoms with Gasteiger partial charge in [0.15, 0.2) is 0 Å². The summed E-state index contributed by atoms with van der Waals surface area (Å²) >= 11 is 0. The molecule has 0 aromatic heterocycles. The topological polar surface area (TPSA) is 40.6 Å². The Bertz CT molecular complexity index is 725. The quantitative estimate of drug-likeness (QED) is 0.537. The molecular weight excluding hydrogens is 420 g/mol. The second-order valence-electron chi connectivity index (χ2n) is 14.6. The van der Waals surface area contributed by atoms with Crippen molar-refractivity contribution in [2.45, 2.75) is 114 Å². The van der Waals surface area contributed by atoms with Gasteiger partial charge < -0.3 is 9.80 Å². The van der Waals surface area contributed by atoms with Gasteiger partial charge in [-0.2, -0.15) is 0 Å². The van der Waals surface area contributed by atoms with Gasteiger partial charge in [-0.05, 0) is 132 Å². The number of rotatable bonds is 4. The van der Waals surface area contributed by atoms with Gasteiger partial charge in [0.05, 0.1) is 0 Å². The molecule has 4 nitrogen and oxygen atoms in total. The molecular formula is C30H46N2O2. The molecule has 34 heavy (non-hydrogen) atoms. The fraction of sp³-hybridized carbons (Fsp3) is 0.933. The summed E-state index contributed by atoms with van der Waals surface area (Å²) in [5, 5.41) is 0. The fourth-order valence-corrected chi connectivity index (χ4v) is 11.6. The SMILES string of the molecule is CN(C(=O)C1CCCC(C(=O)N(C)C23CC4CC(CC(C4)C2)C3)C1)C12CC3CC(CC(C3)C1)C2. The Kier molecular flexibility index (Phi) is 5.03. The molecule has 2 atom stereocenters. The smallest absolute Gasteiger partial charge is 0.225 e. The predicted molar refractivity (Wildman–Crippen MR) is 133 cm³/mol. The summed E-state index contributed by atoms with van der Waals surface area (Å²) in [5.74, 6) is 6.01. The number of carbonyl (C=O) groups excluding carboxylic acids is 2. The number of amides is 2. The highest BCUT2D eigenvalue weighted by atomic mass is 16.2. The molecule has 9 fully saturated rings. The average molecular weight is 467 g/mol. The third-order valence-corrected chi connectivity index (χ3v) is 12.5. The van der Waals surface area contributed by atoms with Crippen molar-refractivity contribution in [1.29, 1.82) is 0 Å². The van der Waals surface area contributed by atoms with Crippen LogP contribution in [-0.4, -0.2) is 46.8 Å². The van der Waals surface area contributed by atoms with Crippen LogP contribution in [0.2, 0.25) is 0 Å². The zero-order chi connectivity index (χ0) is 23.2. The van der Waals surface area contributed by atoms with Crippen molar-refractivity contribution in [3.63, 3.8) is 0 Å². The molecule has 0 spiro atoms. The number of nitrogens with zero attached hydrogens (tertiary/aromatic N) is 2. The van der Waals surface area contributed by atoms with Gasteiger partial charge in [0, 0.05) is 37.0 Å². The van der Waals surface area contributed by atoms with Crippen LogP contribution in [0.4, 0.5) is 0 Å². The van der Waals surface area contributed by atoms with Crippen molar-refractivity contribution in [3.8, 4) is 0 Å². The summed E-state index contributed by atoms with van der Waals surface area (Å²) in [6, 6.07) is 0. The van der Waals surface area contributed by atoms with Crippen LogP contribution in [0.3, 0.4) is 0 Å². The fourth-order valence-electron chi connectivity index (χ4n) is 11.6. The van der Waals surface area contributed by atoms with Crippen molar-refractivity contribution >= 4 is 11.8 Å². The minimum absolute atomic E-state index is 0.0606. The molecule has 2 unspecified atom stereocenters. The first-order chi connectivity index (χ1) is 16.3. The van der Waals surface area contributed by atoms with E-state index in [0.717, 1.165) is 61.2 Å². The lowest BCUT2D eigenvalue weighted by Gasteiger charge is -2.60. The molecule has 9 rings (SSSR count). The number of hydrogen-bond donors (Lipinski definition) is 0. The maximum Gasteiger partial charge on any atom is 0.225 e. The second-order valence-corrected chi connectivity index (χ2v) is 14.6. The third-order valence-electron chi connectivity index (χ3n) is 12.5. The normalized spacial score (nSPS) is 50.4. The Hall–Kier alpha value is -1.06. The molecule has 4 heteroatoms. The maximum atomic E-state index is 13.9. The van der Waals surface area contributed by atoms with Crippen molar-refractivity contribution in [2.75, 3.05) is 14.1 Å². The highest BCUT2D eigenvalue weighted by molar-refractivity contribution is 5.83. The van der Waals surface area contributed by atoms with Crippen molar-refractivity contribution in [2.24, 2.45) is 47.3 Å². The molecule has 0 radical (unpaired) electrons. The molecule has 0 aliphatic heterocycles. The molecule has 0 heterocycles. The standard InChI is InChI=1S/C30H46N2O2/c1-31(29-13-19-6-20(14-29)8-21(7-19)15-29)27(33)25-4-3-5-26(12-25)28(34)32(2)30-16-22-9-23(17-30)11-24(10-22)18-30/h19-26H,3-18H2,1-2H3. The van der Waals surface area contributed by atoms with E-state index in [1.807, 2.05) is 0 Å². The van der Waals surface area contributed by atoms with Crippen LogP contribution in [0, 0.1) is 47.3 Å². The van der Waals surface area contributed by atoms with Crippen LogP contribution < -0.4 is 0 Å². The van der Waals surface area contributed by atoms with Crippen LogP contribution in [0.1, 0.15) is 103 Å². The molecule has 188 valence electrons. The van der Waals surface area contributed by atoms with Gasteiger partial charge in [-0.25, -0.2) is 0 Å². The largest absolute Gasteiger partial charge is 0.340 e. The minimum atomic E-state index is 0.0606. The first-order valence-electron chi connectivity index (χ1n) is 14.9. The highest BCUT2D eigenvalue weighted by Crippen LogP contribution is 2.59. The summed E-state index contributed by atoms with van der Waals surface area (Å²) in [4.78, 5) is 32.2. The van der Waals surface area contributed by atoms with Crippen molar-refractivity contribution in [1.82, 2.24) is 9.80 Å². The summed E-state index contributed by atoms with van der Waals surface area (Å²) in [6.45, 7) is 0. The van der Waals surface area contributed by atoms with Crippen LogP contribution in [0.15, 0.2) is 0 Å². The lowest BCUT2D eigenvalue weighted by molar-refractivity contribution is -0.157. The van der Waals surface area contributed by atoms with E-state index < -0.39 is 0 Å². The zero-order valence-corrected chi connectivity index (χ0v) is 21.6. The van der Waals surface area contributed by atoms with Gasteiger partial charge in [0.2, 0.25) is 11.8 Å². The van der Waals surface area contributed by atoms with E-state index in [-0.39, 0.29) is 22.9 Å². The van der Waals surface area contributed by atoms with Gasteiger partial charge in [-0.3, -0.25) is 9.59 Å². The maximum absolute atomic E-state index is 13.9. The first kappa shape index (κ1) is 22.2. The molecule has 0 aromatic rings. The molecule has 2 amide bonds. The highest BCUT2D eigenvalue weighted by Gasteiger charge is 2.56. The predicted octanol–water partition coefficient (Wildman–Crippen LogP) is 5.65. The molecule has 0 saturated heterocycles.